The van der Waals surface area contributed by atoms with Crippen LogP contribution in [-0.2, 0) is 6.42 Å². The third-order valence-electron chi connectivity index (χ3n) is 11.0. The number of aromatic nitrogens is 1. The van der Waals surface area contributed by atoms with Gasteiger partial charge in [0.2, 0.25) is 0 Å². The fraction of sp³-hybridized carbons (Fsp3) is 0.0417. The summed E-state index contributed by atoms with van der Waals surface area (Å²) in [4.78, 5) is 2.53. The Morgan fingerprint density at radius 2 is 1.26 bits per heavy atom. The van der Waals surface area contributed by atoms with Crippen LogP contribution in [0.25, 0.3) is 55.0 Å². The summed E-state index contributed by atoms with van der Waals surface area (Å²) < 4.78 is 2.40. The third kappa shape index (κ3) is 3.85. The second-order valence-electron chi connectivity index (χ2n) is 13.6. The van der Waals surface area contributed by atoms with E-state index in [1.165, 1.54) is 88.6 Å². The van der Waals surface area contributed by atoms with E-state index in [4.69, 9.17) is 0 Å². The summed E-state index contributed by atoms with van der Waals surface area (Å²) in [5, 5.41) is 4.95. The second kappa shape index (κ2) is 10.6. The van der Waals surface area contributed by atoms with Crippen LogP contribution in [0.15, 0.2) is 182 Å². The van der Waals surface area contributed by atoms with Crippen LogP contribution in [0.3, 0.4) is 0 Å². The van der Waals surface area contributed by atoms with Gasteiger partial charge in [0.05, 0.1) is 22.4 Å². The van der Waals surface area contributed by atoms with E-state index in [-0.39, 0.29) is 0 Å². The molecule has 7 aromatic carbocycles. The van der Waals surface area contributed by atoms with Crippen LogP contribution in [0.1, 0.15) is 16.7 Å². The second-order valence-corrected chi connectivity index (χ2v) is 13.6. The van der Waals surface area contributed by atoms with Crippen LogP contribution in [0.2, 0.25) is 0 Å². The highest BCUT2D eigenvalue weighted by atomic mass is 15.1. The molecular weight excluding hydrogens is 605 g/mol. The van der Waals surface area contributed by atoms with E-state index < -0.39 is 0 Å². The number of para-hydroxylation sites is 2. The van der Waals surface area contributed by atoms with Crippen molar-refractivity contribution in [2.75, 3.05) is 4.90 Å². The average Bonchev–Trinajstić information content (AvgIpc) is 3.70. The van der Waals surface area contributed by atoms with Crippen molar-refractivity contribution in [1.82, 2.24) is 4.57 Å². The minimum Gasteiger partial charge on any atom is -0.309 e. The number of anilines is 3. The quantitative estimate of drug-likeness (QED) is 0.187. The first kappa shape index (κ1) is 27.6. The molecule has 234 valence electrons. The minimum absolute atomic E-state index is 0.378. The van der Waals surface area contributed by atoms with Gasteiger partial charge >= 0.3 is 0 Å². The summed E-state index contributed by atoms with van der Waals surface area (Å²) in [7, 11) is 0. The van der Waals surface area contributed by atoms with Crippen molar-refractivity contribution in [3.63, 3.8) is 0 Å². The molecular formula is C48H32N2. The van der Waals surface area contributed by atoms with Gasteiger partial charge in [-0.3, -0.25) is 0 Å². The lowest BCUT2D eigenvalue weighted by atomic mass is 9.76. The maximum Gasteiger partial charge on any atom is 0.0546 e. The molecule has 2 heteroatoms. The van der Waals surface area contributed by atoms with Crippen molar-refractivity contribution >= 4 is 55.2 Å². The molecule has 1 atom stereocenters. The maximum atomic E-state index is 2.53. The standard InChI is InChI=1S/C48H32N2/c1-2-17-34(18-3-1)49-43-24-9-8-21-38(43)41-30-35(27-28-44(41)49)50(42-25-11-15-31-13-4-6-19-36(31)42)45-26-12-23-40-39-22-10-16-33-29-32-14-5-7-20-37(32)48(46(33)39)47(40)45/h1-28,30,32H,29H2. The topological polar surface area (TPSA) is 8.17 Å². The van der Waals surface area contributed by atoms with Gasteiger partial charge in [-0.05, 0) is 93.7 Å². The van der Waals surface area contributed by atoms with Crippen molar-refractivity contribution in [2.45, 2.75) is 6.42 Å². The number of allylic oxidation sites excluding steroid dienone is 5. The number of rotatable bonds is 4. The Hall–Kier alpha value is -6.38. The molecule has 0 saturated heterocycles. The van der Waals surface area contributed by atoms with Gasteiger partial charge in [0.25, 0.3) is 0 Å². The first-order chi connectivity index (χ1) is 24.8. The molecule has 0 aliphatic heterocycles. The predicted molar refractivity (Wildman–Crippen MR) is 210 cm³/mol. The molecule has 0 fully saturated rings. The van der Waals surface area contributed by atoms with Crippen LogP contribution < -0.4 is 4.90 Å². The Kier molecular flexibility index (Phi) is 5.82. The number of hydrogen-bond donors (Lipinski definition) is 0. The summed E-state index contributed by atoms with van der Waals surface area (Å²) >= 11 is 0. The molecule has 3 aliphatic rings. The van der Waals surface area contributed by atoms with Gasteiger partial charge in [0.1, 0.15) is 0 Å². The van der Waals surface area contributed by atoms with Crippen LogP contribution >= 0.6 is 0 Å². The molecule has 0 N–H and O–H groups in total. The zero-order chi connectivity index (χ0) is 32.8. The minimum atomic E-state index is 0.378. The van der Waals surface area contributed by atoms with Gasteiger partial charge < -0.3 is 9.47 Å². The normalized spacial score (nSPS) is 15.5. The van der Waals surface area contributed by atoms with Crippen LogP contribution in [0.4, 0.5) is 17.1 Å². The summed E-state index contributed by atoms with van der Waals surface area (Å²) in [5.41, 5.74) is 16.8. The highest BCUT2D eigenvalue weighted by Gasteiger charge is 2.37. The van der Waals surface area contributed by atoms with Gasteiger partial charge in [-0.25, -0.2) is 0 Å². The molecule has 1 aromatic heterocycles. The van der Waals surface area contributed by atoms with Crippen molar-refractivity contribution in [3.8, 4) is 16.8 Å². The van der Waals surface area contributed by atoms with E-state index in [0.29, 0.717) is 5.92 Å². The smallest absolute Gasteiger partial charge is 0.0546 e. The largest absolute Gasteiger partial charge is 0.309 e. The van der Waals surface area contributed by atoms with Gasteiger partial charge in [-0.2, -0.15) is 0 Å². The monoisotopic (exact) mass is 636 g/mol. The van der Waals surface area contributed by atoms with E-state index >= 15 is 0 Å². The van der Waals surface area contributed by atoms with Crippen LogP contribution in [0.5, 0.6) is 0 Å². The SMILES string of the molecule is C1=CC2=C3c4c(cccc4-c4cccc(N(c5ccc6c(c5)c5ccccc5n6-c5ccccc5)c5cccc6ccccc56)c43)CC2C=C1. The van der Waals surface area contributed by atoms with E-state index in [9.17, 15) is 0 Å². The summed E-state index contributed by atoms with van der Waals surface area (Å²) in [6, 6.07) is 55.9. The lowest BCUT2D eigenvalue weighted by molar-refractivity contribution is 0.756. The van der Waals surface area contributed by atoms with Crippen molar-refractivity contribution in [2.24, 2.45) is 5.92 Å². The third-order valence-corrected chi connectivity index (χ3v) is 11.0. The van der Waals surface area contributed by atoms with E-state index in [2.05, 4.69) is 185 Å². The van der Waals surface area contributed by atoms with Crippen molar-refractivity contribution in [1.29, 1.82) is 0 Å². The van der Waals surface area contributed by atoms with E-state index in [1.54, 1.807) is 0 Å². The molecule has 1 heterocycles. The molecule has 3 aliphatic carbocycles. The number of benzene rings is 7. The van der Waals surface area contributed by atoms with Gasteiger partial charge in [-0.1, -0.05) is 127 Å². The van der Waals surface area contributed by atoms with E-state index in [0.717, 1.165) is 12.1 Å². The zero-order valence-corrected chi connectivity index (χ0v) is 27.4. The molecule has 0 saturated carbocycles. The molecule has 0 amide bonds. The number of nitrogens with zero attached hydrogens (tertiary/aromatic N) is 2. The number of hydrogen-bond acceptors (Lipinski definition) is 1. The highest BCUT2D eigenvalue weighted by Crippen LogP contribution is 2.57. The summed E-state index contributed by atoms with van der Waals surface area (Å²) in [6.07, 6.45) is 10.2. The predicted octanol–water partition coefficient (Wildman–Crippen LogP) is 12.5. The molecule has 50 heavy (non-hydrogen) atoms. The molecule has 0 bridgehead atoms. The summed E-state index contributed by atoms with van der Waals surface area (Å²) in [6.45, 7) is 0. The molecule has 8 aromatic rings. The van der Waals surface area contributed by atoms with Crippen LogP contribution in [0, 0.1) is 5.92 Å². The first-order valence-electron chi connectivity index (χ1n) is 17.5. The molecule has 1 unspecified atom stereocenters. The zero-order valence-electron chi connectivity index (χ0n) is 27.4. The van der Waals surface area contributed by atoms with Gasteiger partial charge in [0, 0.05) is 39.0 Å². The van der Waals surface area contributed by atoms with Gasteiger partial charge in [0.15, 0.2) is 0 Å². The van der Waals surface area contributed by atoms with E-state index in [1.807, 2.05) is 0 Å². The Morgan fingerprint density at radius 1 is 0.540 bits per heavy atom. The maximum absolute atomic E-state index is 2.53. The Labute approximate surface area is 291 Å². The Bertz CT molecular complexity index is 2790. The van der Waals surface area contributed by atoms with Crippen LogP contribution in [-0.4, -0.2) is 4.57 Å². The van der Waals surface area contributed by atoms with Crippen molar-refractivity contribution in [3.05, 3.63) is 198 Å². The molecule has 0 radical (unpaired) electrons. The fourth-order valence-corrected chi connectivity index (χ4v) is 8.95. The molecule has 11 rings (SSSR count). The van der Waals surface area contributed by atoms with Crippen molar-refractivity contribution < 1.29 is 0 Å². The average molecular weight is 637 g/mol. The fourth-order valence-electron chi connectivity index (χ4n) is 8.95. The lowest BCUT2D eigenvalue weighted by Crippen LogP contribution is -2.16. The molecule has 2 nitrogen and oxygen atoms in total. The Morgan fingerprint density at radius 3 is 2.18 bits per heavy atom. The number of fused-ring (bicyclic) bond motifs is 8. The van der Waals surface area contributed by atoms with Gasteiger partial charge in [-0.15, -0.1) is 0 Å². The lowest BCUT2D eigenvalue weighted by Gasteiger charge is -2.31. The summed E-state index contributed by atoms with van der Waals surface area (Å²) in [5.74, 6) is 0.378. The Balaban J connectivity index is 1.23. The first-order valence-corrected chi connectivity index (χ1v) is 17.5. The highest BCUT2D eigenvalue weighted by molar-refractivity contribution is 6.13. The molecule has 0 spiro atoms.